The van der Waals surface area contributed by atoms with E-state index < -0.39 is 41.2 Å². The van der Waals surface area contributed by atoms with Gasteiger partial charge in [-0.1, -0.05) is 54.6 Å². The zero-order valence-corrected chi connectivity index (χ0v) is 20.1. The number of rotatable bonds is 5. The molecule has 4 rings (SSSR count). The number of halogens is 6. The summed E-state index contributed by atoms with van der Waals surface area (Å²) in [6.07, 6.45) is -9.54. The van der Waals surface area contributed by atoms with Gasteiger partial charge in [0.2, 0.25) is 0 Å². The van der Waals surface area contributed by atoms with E-state index in [2.05, 4.69) is 10.6 Å². The number of urea groups is 1. The zero-order chi connectivity index (χ0) is 27.0. The van der Waals surface area contributed by atoms with Crippen LogP contribution in [0.5, 0.6) is 0 Å². The Labute approximate surface area is 210 Å². The predicted molar refractivity (Wildman–Crippen MR) is 128 cm³/mol. The summed E-state index contributed by atoms with van der Waals surface area (Å²) in [5.41, 5.74) is -0.440. The second-order valence-electron chi connectivity index (χ2n) is 9.77. The predicted octanol–water partition coefficient (Wildman–Crippen LogP) is 6.79. The Morgan fingerprint density at radius 2 is 1.43 bits per heavy atom. The minimum absolute atomic E-state index is 0.0241. The number of hydrogen-bond donors (Lipinski definition) is 2. The number of amides is 2. The molecule has 37 heavy (non-hydrogen) atoms. The van der Waals surface area contributed by atoms with Crippen LogP contribution in [0.25, 0.3) is 0 Å². The van der Waals surface area contributed by atoms with Crippen molar-refractivity contribution in [1.29, 1.82) is 0 Å². The molecule has 0 bridgehead atoms. The molecule has 0 radical (unpaired) electrons. The molecule has 1 aliphatic carbocycles. The van der Waals surface area contributed by atoms with Crippen LogP contribution >= 0.6 is 0 Å². The summed E-state index contributed by atoms with van der Waals surface area (Å²) in [6, 6.07) is 17.0. The summed E-state index contributed by atoms with van der Waals surface area (Å²) >= 11 is 0. The SMILES string of the molecule is C[N+](C)(Cc1ccccc1)[C@H]1c2ccccc2C[C@@H]1NC(=O)Nc1cc(C(F)(F)F)cc(C(F)(F)F)c1. The monoisotopic (exact) mass is 522 g/mol. The topological polar surface area (TPSA) is 41.1 Å². The molecule has 0 saturated carbocycles. The molecule has 0 unspecified atom stereocenters. The van der Waals surface area contributed by atoms with Gasteiger partial charge in [0, 0.05) is 16.8 Å². The van der Waals surface area contributed by atoms with Crippen LogP contribution in [0, 0.1) is 0 Å². The van der Waals surface area contributed by atoms with Crippen molar-refractivity contribution in [3.63, 3.8) is 0 Å². The fourth-order valence-electron chi connectivity index (χ4n) is 5.08. The normalized spacial score (nSPS) is 17.8. The Morgan fingerprint density at radius 3 is 2.03 bits per heavy atom. The lowest BCUT2D eigenvalue weighted by Crippen LogP contribution is -2.52. The first kappa shape index (κ1) is 26.5. The second kappa shape index (κ2) is 9.74. The average Bonchev–Trinajstić information content (AvgIpc) is 3.16. The van der Waals surface area contributed by atoms with Gasteiger partial charge in [-0.05, 0) is 30.2 Å². The number of fused-ring (bicyclic) bond motifs is 1. The maximum absolute atomic E-state index is 13.2. The van der Waals surface area contributed by atoms with E-state index in [4.69, 9.17) is 0 Å². The van der Waals surface area contributed by atoms with Gasteiger partial charge in [0.25, 0.3) is 0 Å². The van der Waals surface area contributed by atoms with Crippen molar-refractivity contribution in [2.45, 2.75) is 37.4 Å². The average molecular weight is 523 g/mol. The van der Waals surface area contributed by atoms with Crippen LogP contribution in [-0.2, 0) is 25.3 Å². The molecule has 3 aromatic rings. The molecule has 0 heterocycles. The Kier molecular flexibility index (Phi) is 6.98. The lowest BCUT2D eigenvalue weighted by atomic mass is 10.0. The molecular weight excluding hydrogens is 496 g/mol. The van der Waals surface area contributed by atoms with Crippen LogP contribution in [0.4, 0.5) is 36.8 Å². The van der Waals surface area contributed by atoms with Crippen molar-refractivity contribution in [3.05, 3.63) is 101 Å². The van der Waals surface area contributed by atoms with Gasteiger partial charge in [-0.15, -0.1) is 0 Å². The second-order valence-corrected chi connectivity index (χ2v) is 9.77. The van der Waals surface area contributed by atoms with Crippen molar-refractivity contribution in [2.24, 2.45) is 0 Å². The summed E-state index contributed by atoms with van der Waals surface area (Å²) in [4.78, 5) is 12.9. The lowest BCUT2D eigenvalue weighted by Gasteiger charge is -2.40. The molecule has 2 N–H and O–H groups in total. The molecule has 196 valence electrons. The number of nitrogens with one attached hydrogen (secondary N) is 2. The highest BCUT2D eigenvalue weighted by atomic mass is 19.4. The highest BCUT2D eigenvalue weighted by molar-refractivity contribution is 5.90. The van der Waals surface area contributed by atoms with Crippen LogP contribution in [0.2, 0.25) is 0 Å². The third-order valence-corrected chi connectivity index (χ3v) is 6.54. The van der Waals surface area contributed by atoms with Gasteiger partial charge >= 0.3 is 18.4 Å². The molecule has 10 heteroatoms. The number of quaternary nitrogens is 1. The number of carbonyl (C=O) groups is 1. The number of likely N-dealkylation sites (N-methyl/N-ethyl adjacent to an activating group) is 1. The number of benzene rings is 3. The smallest absolute Gasteiger partial charge is 0.328 e. The standard InChI is InChI=1S/C27H25F6N3O/c1-36(2,16-17-8-4-3-5-9-17)24-22-11-7-6-10-18(22)12-23(24)35-25(37)34-21-14-19(26(28,29)30)13-20(15-21)27(31,32)33/h3-11,13-15,23-24H,12,16H2,1-2H3,(H-,34,35,37)/p+1/t23-,24-/m0/s1. The minimum atomic E-state index is -5.01. The first-order chi connectivity index (χ1) is 17.2. The van der Waals surface area contributed by atoms with Gasteiger partial charge in [-0.25, -0.2) is 4.79 Å². The highest BCUT2D eigenvalue weighted by Crippen LogP contribution is 2.40. The van der Waals surface area contributed by atoms with Crippen molar-refractivity contribution < 1.29 is 35.6 Å². The fraction of sp³-hybridized carbons (Fsp3) is 0.296. The van der Waals surface area contributed by atoms with E-state index in [1.54, 1.807) is 0 Å². The summed E-state index contributed by atoms with van der Waals surface area (Å²) in [5, 5.41) is 4.99. The fourth-order valence-corrected chi connectivity index (χ4v) is 5.08. The number of alkyl halides is 6. The quantitative estimate of drug-likeness (QED) is 0.281. The van der Waals surface area contributed by atoms with E-state index in [1.165, 1.54) is 0 Å². The van der Waals surface area contributed by atoms with Crippen LogP contribution in [0.1, 0.15) is 33.9 Å². The van der Waals surface area contributed by atoms with Gasteiger partial charge in [0.15, 0.2) is 0 Å². The molecule has 3 aromatic carbocycles. The minimum Gasteiger partial charge on any atom is -0.328 e. The van der Waals surface area contributed by atoms with Crippen LogP contribution in [0.3, 0.4) is 0 Å². The third-order valence-electron chi connectivity index (χ3n) is 6.54. The molecule has 0 saturated heterocycles. The molecule has 2 atom stereocenters. The van der Waals surface area contributed by atoms with Crippen molar-refractivity contribution in [2.75, 3.05) is 19.4 Å². The summed E-state index contributed by atoms with van der Waals surface area (Å²) in [7, 11) is 4.05. The van der Waals surface area contributed by atoms with E-state index in [0.29, 0.717) is 29.6 Å². The van der Waals surface area contributed by atoms with Crippen LogP contribution < -0.4 is 10.6 Å². The van der Waals surface area contributed by atoms with E-state index in [-0.39, 0.29) is 12.1 Å². The third kappa shape index (κ3) is 6.07. The van der Waals surface area contributed by atoms with E-state index in [1.807, 2.05) is 68.7 Å². The van der Waals surface area contributed by atoms with Crippen LogP contribution in [-0.4, -0.2) is 30.7 Å². The largest absolute Gasteiger partial charge is 0.416 e. The molecule has 1 aliphatic rings. The maximum Gasteiger partial charge on any atom is 0.416 e. The van der Waals surface area contributed by atoms with E-state index in [9.17, 15) is 31.1 Å². The van der Waals surface area contributed by atoms with Gasteiger partial charge in [0.05, 0.1) is 31.3 Å². The number of anilines is 1. The lowest BCUT2D eigenvalue weighted by molar-refractivity contribution is -0.934. The summed E-state index contributed by atoms with van der Waals surface area (Å²) in [6.45, 7) is 0.641. The zero-order valence-electron chi connectivity index (χ0n) is 20.1. The summed E-state index contributed by atoms with van der Waals surface area (Å²) < 4.78 is 79.8. The molecule has 0 spiro atoms. The van der Waals surface area contributed by atoms with Gasteiger partial charge < -0.3 is 15.1 Å². The molecule has 2 amide bonds. The summed E-state index contributed by atoms with van der Waals surface area (Å²) in [5.74, 6) is 0. The molecule has 0 aromatic heterocycles. The van der Waals surface area contributed by atoms with Gasteiger partial charge in [-0.3, -0.25) is 0 Å². The first-order valence-electron chi connectivity index (χ1n) is 11.6. The number of nitrogens with zero attached hydrogens (tertiary/aromatic N) is 1. The molecule has 4 nitrogen and oxygen atoms in total. The molecule has 0 aliphatic heterocycles. The van der Waals surface area contributed by atoms with Crippen molar-refractivity contribution in [1.82, 2.24) is 5.32 Å². The van der Waals surface area contributed by atoms with E-state index in [0.717, 1.165) is 16.7 Å². The molecular formula is C27H26F6N3O+. The van der Waals surface area contributed by atoms with Gasteiger partial charge in [-0.2, -0.15) is 26.3 Å². The Hall–Kier alpha value is -3.53. The number of carbonyl (C=O) groups excluding carboxylic acids is 1. The van der Waals surface area contributed by atoms with E-state index >= 15 is 0 Å². The number of hydrogen-bond acceptors (Lipinski definition) is 1. The molecule has 0 fully saturated rings. The highest BCUT2D eigenvalue weighted by Gasteiger charge is 2.44. The van der Waals surface area contributed by atoms with Crippen molar-refractivity contribution in [3.8, 4) is 0 Å². The maximum atomic E-state index is 13.2. The Bertz CT molecular complexity index is 1240. The Balaban J connectivity index is 1.59. The van der Waals surface area contributed by atoms with Crippen LogP contribution in [0.15, 0.2) is 72.8 Å². The first-order valence-corrected chi connectivity index (χ1v) is 11.6. The Morgan fingerprint density at radius 1 is 0.865 bits per heavy atom. The van der Waals surface area contributed by atoms with Crippen molar-refractivity contribution >= 4 is 11.7 Å². The van der Waals surface area contributed by atoms with Gasteiger partial charge in [0.1, 0.15) is 12.6 Å².